The molecule has 0 aromatic heterocycles. The summed E-state index contributed by atoms with van der Waals surface area (Å²) in [6, 6.07) is 5.85. The molecule has 1 amide bonds. The maximum Gasteiger partial charge on any atom is 0.251 e. The van der Waals surface area contributed by atoms with Crippen LogP contribution in [0.4, 0.5) is 0 Å². The summed E-state index contributed by atoms with van der Waals surface area (Å²) in [7, 11) is -3.53. The van der Waals surface area contributed by atoms with Crippen LogP contribution in [0.5, 0.6) is 0 Å². The Bertz CT molecular complexity index is 696. The Kier molecular flexibility index (Phi) is 8.22. The van der Waals surface area contributed by atoms with Crippen LogP contribution >= 0.6 is 0 Å². The molecule has 1 heterocycles. The van der Waals surface area contributed by atoms with Crippen LogP contribution in [0.25, 0.3) is 0 Å². The van der Waals surface area contributed by atoms with Gasteiger partial charge in [-0.3, -0.25) is 4.79 Å². The normalized spacial score (nSPS) is 16.6. The first-order valence-corrected chi connectivity index (χ1v) is 11.2. The predicted molar refractivity (Wildman–Crippen MR) is 107 cm³/mol. The molecule has 2 rings (SSSR count). The molecule has 0 radical (unpaired) electrons. The first-order valence-electron chi connectivity index (χ1n) is 9.67. The number of likely N-dealkylation sites (N-methyl/N-ethyl adjacent to an activating group) is 1. The van der Waals surface area contributed by atoms with Crippen molar-refractivity contribution in [2.24, 2.45) is 0 Å². The Balaban J connectivity index is 1.75. The number of hydrogen-bond donors (Lipinski definition) is 2. The Labute approximate surface area is 163 Å². The standard InChI is InChI=1S/C19H32N4O3S/c1-4-22-12-14-23(15-13-22)11-5-10-20-19(24)17-6-8-18(9-7-17)27(25,26)21-16(2)3/h6-9,16,21H,4-5,10-15H2,1-3H3,(H,20,24). The molecule has 0 bridgehead atoms. The van der Waals surface area contributed by atoms with Gasteiger partial charge in [0.25, 0.3) is 5.91 Å². The second-order valence-electron chi connectivity index (χ2n) is 7.19. The van der Waals surface area contributed by atoms with Crippen molar-refractivity contribution in [3.05, 3.63) is 29.8 Å². The topological polar surface area (TPSA) is 81.8 Å². The van der Waals surface area contributed by atoms with Crippen molar-refractivity contribution in [2.75, 3.05) is 45.8 Å². The largest absolute Gasteiger partial charge is 0.352 e. The number of rotatable bonds is 9. The summed E-state index contributed by atoms with van der Waals surface area (Å²) in [6.45, 7) is 12.8. The SMILES string of the molecule is CCN1CCN(CCCNC(=O)c2ccc(S(=O)(=O)NC(C)C)cc2)CC1. The molecule has 7 nitrogen and oxygen atoms in total. The van der Waals surface area contributed by atoms with Crippen molar-refractivity contribution in [3.8, 4) is 0 Å². The van der Waals surface area contributed by atoms with Crippen LogP contribution in [-0.2, 0) is 10.0 Å². The van der Waals surface area contributed by atoms with E-state index >= 15 is 0 Å². The molecule has 0 aliphatic carbocycles. The molecule has 1 saturated heterocycles. The fourth-order valence-corrected chi connectivity index (χ4v) is 4.35. The molecular formula is C19H32N4O3S. The van der Waals surface area contributed by atoms with E-state index < -0.39 is 10.0 Å². The van der Waals surface area contributed by atoms with E-state index in [-0.39, 0.29) is 16.8 Å². The van der Waals surface area contributed by atoms with Gasteiger partial charge in [-0.25, -0.2) is 13.1 Å². The van der Waals surface area contributed by atoms with Gasteiger partial charge in [0.15, 0.2) is 0 Å². The molecule has 0 unspecified atom stereocenters. The quantitative estimate of drug-likeness (QED) is 0.612. The number of carbonyl (C=O) groups excluding carboxylic acids is 1. The fourth-order valence-electron chi connectivity index (χ4n) is 3.10. The minimum Gasteiger partial charge on any atom is -0.352 e. The summed E-state index contributed by atoms with van der Waals surface area (Å²) in [5, 5.41) is 2.91. The highest BCUT2D eigenvalue weighted by molar-refractivity contribution is 7.89. The van der Waals surface area contributed by atoms with Gasteiger partial charge in [-0.1, -0.05) is 6.92 Å². The number of amides is 1. The lowest BCUT2D eigenvalue weighted by atomic mass is 10.2. The zero-order chi connectivity index (χ0) is 19.9. The van der Waals surface area contributed by atoms with Crippen LogP contribution in [0.3, 0.4) is 0 Å². The summed E-state index contributed by atoms with van der Waals surface area (Å²) in [6.07, 6.45) is 0.905. The van der Waals surface area contributed by atoms with Gasteiger partial charge in [-0.15, -0.1) is 0 Å². The third kappa shape index (κ3) is 6.88. The van der Waals surface area contributed by atoms with Crippen molar-refractivity contribution >= 4 is 15.9 Å². The fraction of sp³-hybridized carbons (Fsp3) is 0.632. The smallest absolute Gasteiger partial charge is 0.251 e. The highest BCUT2D eigenvalue weighted by Crippen LogP contribution is 2.11. The number of nitrogens with one attached hydrogen (secondary N) is 2. The Hall–Kier alpha value is -1.48. The number of sulfonamides is 1. The first-order chi connectivity index (χ1) is 12.8. The molecule has 1 fully saturated rings. The lowest BCUT2D eigenvalue weighted by Gasteiger charge is -2.33. The van der Waals surface area contributed by atoms with Crippen LogP contribution in [0.15, 0.2) is 29.2 Å². The summed E-state index contributed by atoms with van der Waals surface area (Å²) in [4.78, 5) is 17.3. The molecule has 8 heteroatoms. The minimum absolute atomic E-state index is 0.166. The van der Waals surface area contributed by atoms with Gasteiger partial charge in [0.05, 0.1) is 4.90 Å². The number of carbonyl (C=O) groups is 1. The molecule has 27 heavy (non-hydrogen) atoms. The zero-order valence-corrected chi connectivity index (χ0v) is 17.4. The van der Waals surface area contributed by atoms with Gasteiger partial charge in [-0.05, 0) is 57.6 Å². The number of piperazine rings is 1. The van der Waals surface area contributed by atoms with E-state index in [2.05, 4.69) is 26.8 Å². The van der Waals surface area contributed by atoms with E-state index in [1.807, 2.05) is 0 Å². The van der Waals surface area contributed by atoms with Crippen LogP contribution in [0.2, 0.25) is 0 Å². The first kappa shape index (κ1) is 21.8. The predicted octanol–water partition coefficient (Wildman–Crippen LogP) is 1.13. The average Bonchev–Trinajstić information content (AvgIpc) is 2.64. The van der Waals surface area contributed by atoms with E-state index in [1.54, 1.807) is 26.0 Å². The number of nitrogens with zero attached hydrogens (tertiary/aromatic N) is 2. The van der Waals surface area contributed by atoms with Crippen LogP contribution < -0.4 is 10.0 Å². The third-order valence-corrected chi connectivity index (χ3v) is 6.34. The van der Waals surface area contributed by atoms with Gasteiger partial charge in [-0.2, -0.15) is 0 Å². The molecule has 1 aromatic rings. The van der Waals surface area contributed by atoms with Crippen molar-refractivity contribution in [1.29, 1.82) is 0 Å². The molecule has 1 aliphatic rings. The maximum atomic E-state index is 12.2. The summed E-state index contributed by atoms with van der Waals surface area (Å²) in [5.74, 6) is -0.174. The van der Waals surface area contributed by atoms with Gasteiger partial charge < -0.3 is 15.1 Å². The van der Waals surface area contributed by atoms with Gasteiger partial charge >= 0.3 is 0 Å². The van der Waals surface area contributed by atoms with E-state index in [0.717, 1.165) is 45.7 Å². The van der Waals surface area contributed by atoms with Crippen LogP contribution in [0.1, 0.15) is 37.6 Å². The second kappa shape index (κ2) is 10.2. The van der Waals surface area contributed by atoms with Crippen molar-refractivity contribution in [2.45, 2.75) is 38.1 Å². The Morgan fingerprint density at radius 2 is 1.67 bits per heavy atom. The Morgan fingerprint density at radius 1 is 1.07 bits per heavy atom. The molecule has 2 N–H and O–H groups in total. The highest BCUT2D eigenvalue weighted by atomic mass is 32.2. The van der Waals surface area contributed by atoms with Gasteiger partial charge in [0, 0.05) is 44.3 Å². The van der Waals surface area contributed by atoms with Gasteiger partial charge in [0.1, 0.15) is 0 Å². The lowest BCUT2D eigenvalue weighted by Crippen LogP contribution is -2.46. The van der Waals surface area contributed by atoms with Gasteiger partial charge in [0.2, 0.25) is 10.0 Å². The Morgan fingerprint density at radius 3 is 2.22 bits per heavy atom. The molecule has 1 aromatic carbocycles. The van der Waals surface area contributed by atoms with E-state index in [1.165, 1.54) is 12.1 Å². The monoisotopic (exact) mass is 396 g/mol. The van der Waals surface area contributed by atoms with Crippen LogP contribution in [-0.4, -0.2) is 76.0 Å². The van der Waals surface area contributed by atoms with Crippen molar-refractivity contribution < 1.29 is 13.2 Å². The summed E-state index contributed by atoms with van der Waals surface area (Å²) in [5.41, 5.74) is 0.468. The number of benzene rings is 1. The van der Waals surface area contributed by atoms with E-state index in [0.29, 0.717) is 12.1 Å². The van der Waals surface area contributed by atoms with Crippen LogP contribution in [0, 0.1) is 0 Å². The average molecular weight is 397 g/mol. The summed E-state index contributed by atoms with van der Waals surface area (Å²) < 4.78 is 26.7. The maximum absolute atomic E-state index is 12.2. The second-order valence-corrected chi connectivity index (χ2v) is 8.90. The number of hydrogen-bond acceptors (Lipinski definition) is 5. The molecule has 0 atom stereocenters. The van der Waals surface area contributed by atoms with E-state index in [9.17, 15) is 13.2 Å². The zero-order valence-electron chi connectivity index (χ0n) is 16.6. The lowest BCUT2D eigenvalue weighted by molar-refractivity contribution is 0.0948. The van der Waals surface area contributed by atoms with Crippen molar-refractivity contribution in [3.63, 3.8) is 0 Å². The highest BCUT2D eigenvalue weighted by Gasteiger charge is 2.17. The molecule has 0 spiro atoms. The minimum atomic E-state index is -3.53. The third-order valence-electron chi connectivity index (χ3n) is 4.67. The molecule has 0 saturated carbocycles. The van der Waals surface area contributed by atoms with E-state index in [4.69, 9.17) is 0 Å². The molecule has 152 valence electrons. The molecule has 1 aliphatic heterocycles. The van der Waals surface area contributed by atoms with Crippen molar-refractivity contribution in [1.82, 2.24) is 19.8 Å². The molecular weight excluding hydrogens is 364 g/mol. The summed E-state index contributed by atoms with van der Waals surface area (Å²) >= 11 is 0.